The number of nitrogens with zero attached hydrogens (tertiary/aromatic N) is 4. The van der Waals surface area contributed by atoms with Gasteiger partial charge in [0.2, 0.25) is 0 Å². The van der Waals surface area contributed by atoms with Gasteiger partial charge in [0.1, 0.15) is 0 Å². The van der Waals surface area contributed by atoms with Gasteiger partial charge in [-0.25, -0.2) is 9.36 Å². The molecular formula is C18H24N4O2. The van der Waals surface area contributed by atoms with Crippen molar-refractivity contribution in [2.45, 2.75) is 39.1 Å². The lowest BCUT2D eigenvalue weighted by molar-refractivity contribution is -0.0335. The SMILES string of the molecule is COC1(n2nc(C)cc2C)C=CC(OC)(n2nc(C)cc2C)C=C1. The van der Waals surface area contributed by atoms with E-state index in [1.54, 1.807) is 14.2 Å². The molecule has 0 N–H and O–H groups in total. The van der Waals surface area contributed by atoms with E-state index < -0.39 is 11.4 Å². The standard InChI is InChI=1S/C18H24N4O2/c1-13-11-15(3)21(19-13)17(23-5)7-9-18(24-6,10-8-17)22-16(4)12-14(2)20-22/h7-12H,1-6H3. The van der Waals surface area contributed by atoms with E-state index in [4.69, 9.17) is 9.47 Å². The average Bonchev–Trinajstić information content (AvgIpc) is 3.09. The number of aromatic nitrogens is 4. The minimum Gasteiger partial charge on any atom is -0.350 e. The van der Waals surface area contributed by atoms with Gasteiger partial charge in [-0.05, 0) is 64.1 Å². The minimum absolute atomic E-state index is 0.767. The van der Waals surface area contributed by atoms with Crippen LogP contribution < -0.4 is 0 Å². The van der Waals surface area contributed by atoms with Crippen molar-refractivity contribution in [3.8, 4) is 0 Å². The first-order valence-electron chi connectivity index (χ1n) is 7.94. The quantitative estimate of drug-likeness (QED) is 0.810. The maximum Gasteiger partial charge on any atom is 0.199 e. The Hall–Kier alpha value is -2.18. The van der Waals surface area contributed by atoms with Crippen molar-refractivity contribution in [2.75, 3.05) is 14.2 Å². The van der Waals surface area contributed by atoms with Gasteiger partial charge < -0.3 is 9.47 Å². The molecule has 1 aliphatic carbocycles. The molecule has 0 radical (unpaired) electrons. The lowest BCUT2D eigenvalue weighted by Crippen LogP contribution is -2.41. The molecule has 0 aromatic carbocycles. The first kappa shape index (κ1) is 16.7. The smallest absolute Gasteiger partial charge is 0.199 e. The maximum atomic E-state index is 5.81. The molecule has 0 aliphatic heterocycles. The predicted octanol–water partition coefficient (Wildman–Crippen LogP) is 2.74. The topological polar surface area (TPSA) is 54.1 Å². The van der Waals surface area contributed by atoms with Crippen molar-refractivity contribution < 1.29 is 9.47 Å². The van der Waals surface area contributed by atoms with Gasteiger partial charge in [-0.1, -0.05) is 0 Å². The fourth-order valence-electron chi connectivity index (χ4n) is 3.28. The van der Waals surface area contributed by atoms with Gasteiger partial charge in [0.15, 0.2) is 11.4 Å². The number of methoxy groups -OCH3 is 2. The summed E-state index contributed by atoms with van der Waals surface area (Å²) in [4.78, 5) is 0. The summed E-state index contributed by atoms with van der Waals surface area (Å²) in [5.74, 6) is 0. The molecule has 2 heterocycles. The molecule has 0 saturated heterocycles. The van der Waals surface area contributed by atoms with Crippen LogP contribution in [0.1, 0.15) is 22.8 Å². The van der Waals surface area contributed by atoms with Gasteiger partial charge in [-0.15, -0.1) is 0 Å². The summed E-state index contributed by atoms with van der Waals surface area (Å²) in [6.07, 6.45) is 7.86. The van der Waals surface area contributed by atoms with E-state index in [-0.39, 0.29) is 0 Å². The van der Waals surface area contributed by atoms with Crippen LogP contribution in [-0.4, -0.2) is 33.8 Å². The Morgan fingerprint density at radius 2 is 1.04 bits per heavy atom. The summed E-state index contributed by atoms with van der Waals surface area (Å²) < 4.78 is 15.4. The minimum atomic E-state index is -0.767. The summed E-state index contributed by atoms with van der Waals surface area (Å²) in [6, 6.07) is 4.06. The highest BCUT2D eigenvalue weighted by Crippen LogP contribution is 2.34. The van der Waals surface area contributed by atoms with Crippen LogP contribution in [0, 0.1) is 27.7 Å². The molecule has 0 spiro atoms. The molecule has 1 aliphatic rings. The number of hydrogen-bond acceptors (Lipinski definition) is 4. The Balaban J connectivity index is 2.07. The number of rotatable bonds is 4. The summed E-state index contributed by atoms with van der Waals surface area (Å²) in [5.41, 5.74) is 2.42. The van der Waals surface area contributed by atoms with E-state index in [2.05, 4.69) is 10.2 Å². The molecule has 24 heavy (non-hydrogen) atoms. The Kier molecular flexibility index (Phi) is 3.97. The fourth-order valence-corrected chi connectivity index (χ4v) is 3.28. The third kappa shape index (κ3) is 2.42. The Bertz CT molecular complexity index is 733. The molecule has 0 fully saturated rings. The molecule has 2 aromatic rings. The van der Waals surface area contributed by atoms with Crippen molar-refractivity contribution in [2.24, 2.45) is 0 Å². The highest BCUT2D eigenvalue weighted by atomic mass is 16.5. The van der Waals surface area contributed by atoms with Gasteiger partial charge >= 0.3 is 0 Å². The molecule has 0 unspecified atom stereocenters. The predicted molar refractivity (Wildman–Crippen MR) is 91.6 cm³/mol. The zero-order chi connectivity index (χ0) is 17.5. The molecule has 128 valence electrons. The van der Waals surface area contributed by atoms with Crippen LogP contribution >= 0.6 is 0 Å². The largest absolute Gasteiger partial charge is 0.350 e. The van der Waals surface area contributed by atoms with E-state index in [9.17, 15) is 0 Å². The van der Waals surface area contributed by atoms with Crippen LogP contribution in [0.2, 0.25) is 0 Å². The highest BCUT2D eigenvalue weighted by molar-refractivity contribution is 5.28. The second-order valence-corrected chi connectivity index (χ2v) is 6.26. The Morgan fingerprint density at radius 1 is 0.708 bits per heavy atom. The Morgan fingerprint density at radius 3 is 1.25 bits per heavy atom. The first-order valence-corrected chi connectivity index (χ1v) is 7.94. The summed E-state index contributed by atoms with van der Waals surface area (Å²) in [5, 5.41) is 9.14. The van der Waals surface area contributed by atoms with Crippen LogP contribution in [0.4, 0.5) is 0 Å². The molecule has 6 heteroatoms. The number of aryl methyl sites for hydroxylation is 4. The monoisotopic (exact) mass is 328 g/mol. The second-order valence-electron chi connectivity index (χ2n) is 6.26. The normalized spacial score (nSPS) is 26.2. The molecule has 0 saturated carbocycles. The zero-order valence-corrected chi connectivity index (χ0v) is 15.1. The molecule has 0 amide bonds. The van der Waals surface area contributed by atoms with Crippen LogP contribution in [0.3, 0.4) is 0 Å². The van der Waals surface area contributed by atoms with Gasteiger partial charge in [0.05, 0.1) is 11.4 Å². The van der Waals surface area contributed by atoms with E-state index in [0.29, 0.717) is 0 Å². The molecule has 3 rings (SSSR count). The van der Waals surface area contributed by atoms with Crippen molar-refractivity contribution in [3.05, 3.63) is 59.2 Å². The molecule has 0 atom stereocenters. The first-order chi connectivity index (χ1) is 11.4. The van der Waals surface area contributed by atoms with Gasteiger partial charge in [-0.2, -0.15) is 10.2 Å². The molecule has 0 bridgehead atoms. The van der Waals surface area contributed by atoms with Crippen LogP contribution in [0.5, 0.6) is 0 Å². The number of ether oxygens (including phenoxy) is 2. The van der Waals surface area contributed by atoms with Crippen molar-refractivity contribution in [3.63, 3.8) is 0 Å². The zero-order valence-electron chi connectivity index (χ0n) is 15.1. The van der Waals surface area contributed by atoms with Crippen molar-refractivity contribution >= 4 is 0 Å². The fraction of sp³-hybridized carbons (Fsp3) is 0.444. The average molecular weight is 328 g/mol. The molecular weight excluding hydrogens is 304 g/mol. The van der Waals surface area contributed by atoms with Gasteiger partial charge in [0, 0.05) is 25.6 Å². The van der Waals surface area contributed by atoms with E-state index >= 15 is 0 Å². The van der Waals surface area contributed by atoms with E-state index in [1.807, 2.05) is 73.5 Å². The second kappa shape index (κ2) is 5.72. The highest BCUT2D eigenvalue weighted by Gasteiger charge is 2.38. The lowest BCUT2D eigenvalue weighted by Gasteiger charge is -2.36. The third-order valence-electron chi connectivity index (χ3n) is 4.46. The van der Waals surface area contributed by atoms with E-state index in [1.165, 1.54) is 0 Å². The van der Waals surface area contributed by atoms with Crippen molar-refractivity contribution in [1.29, 1.82) is 0 Å². The lowest BCUT2D eigenvalue weighted by atomic mass is 10.00. The maximum absolute atomic E-state index is 5.81. The number of hydrogen-bond donors (Lipinski definition) is 0. The van der Waals surface area contributed by atoms with Gasteiger partial charge in [-0.3, -0.25) is 0 Å². The van der Waals surface area contributed by atoms with Gasteiger partial charge in [0.25, 0.3) is 0 Å². The third-order valence-corrected chi connectivity index (χ3v) is 4.46. The summed E-state index contributed by atoms with van der Waals surface area (Å²) in [7, 11) is 3.35. The van der Waals surface area contributed by atoms with E-state index in [0.717, 1.165) is 22.8 Å². The van der Waals surface area contributed by atoms with Crippen LogP contribution in [0.25, 0.3) is 0 Å². The summed E-state index contributed by atoms with van der Waals surface area (Å²) >= 11 is 0. The summed E-state index contributed by atoms with van der Waals surface area (Å²) in [6.45, 7) is 7.97. The molecule has 2 aromatic heterocycles. The van der Waals surface area contributed by atoms with Crippen LogP contribution in [-0.2, 0) is 20.9 Å². The Labute approximate surface area is 142 Å². The van der Waals surface area contributed by atoms with Crippen molar-refractivity contribution in [1.82, 2.24) is 19.6 Å². The molecule has 6 nitrogen and oxygen atoms in total. The van der Waals surface area contributed by atoms with Crippen LogP contribution in [0.15, 0.2) is 36.4 Å².